The second kappa shape index (κ2) is 5.66. The first kappa shape index (κ1) is 15.2. The van der Waals surface area contributed by atoms with Crippen LogP contribution in [0.4, 0.5) is 0 Å². The van der Waals surface area contributed by atoms with Crippen LogP contribution in [0.2, 0.25) is 0 Å². The Hall–Kier alpha value is -1.20. The number of thiazole rings is 1. The van der Waals surface area contributed by atoms with Crippen LogP contribution >= 0.6 is 11.3 Å². The third kappa shape index (κ3) is 3.27. The van der Waals surface area contributed by atoms with Crippen molar-refractivity contribution in [2.45, 2.75) is 52.6 Å². The zero-order valence-corrected chi connectivity index (χ0v) is 14.0. The topological polar surface area (TPSA) is 42.7 Å². The summed E-state index contributed by atoms with van der Waals surface area (Å²) in [5, 5.41) is 9.04. The van der Waals surface area contributed by atoms with Gasteiger partial charge in [0.2, 0.25) is 0 Å². The van der Waals surface area contributed by atoms with Crippen LogP contribution in [0.1, 0.15) is 54.9 Å². The number of hydrogen-bond acceptors (Lipinski definition) is 4. The molecule has 0 saturated carbocycles. The highest BCUT2D eigenvalue weighted by Gasteiger charge is 2.18. The van der Waals surface area contributed by atoms with Gasteiger partial charge in [-0.2, -0.15) is 5.10 Å². The number of aryl methyl sites for hydroxylation is 1. The maximum atomic E-state index is 4.52. The predicted molar refractivity (Wildman–Crippen MR) is 84.0 cm³/mol. The lowest BCUT2D eigenvalue weighted by molar-refractivity contribution is 0.574. The largest absolute Gasteiger partial charge is 0.305 e. The first-order valence-corrected chi connectivity index (χ1v) is 7.77. The van der Waals surface area contributed by atoms with Gasteiger partial charge in [-0.05, 0) is 13.8 Å². The number of aromatic nitrogens is 3. The van der Waals surface area contributed by atoms with Crippen LogP contribution in [0.3, 0.4) is 0 Å². The molecule has 1 unspecified atom stereocenters. The Kier molecular flexibility index (Phi) is 4.30. The zero-order valence-electron chi connectivity index (χ0n) is 13.2. The fourth-order valence-electron chi connectivity index (χ4n) is 2.04. The summed E-state index contributed by atoms with van der Waals surface area (Å²) in [6.07, 6.45) is 3.93. The molecule has 2 aromatic rings. The summed E-state index contributed by atoms with van der Waals surface area (Å²) in [5.74, 6) is 0. The van der Waals surface area contributed by atoms with E-state index < -0.39 is 0 Å². The van der Waals surface area contributed by atoms with E-state index in [4.69, 9.17) is 0 Å². The van der Waals surface area contributed by atoms with Gasteiger partial charge in [0.25, 0.3) is 0 Å². The SMILES string of the molecule is Cc1c(C(C)NCc2cnc(C(C)(C)C)s2)cnn1C. The third-order valence-electron chi connectivity index (χ3n) is 3.52. The quantitative estimate of drug-likeness (QED) is 0.940. The predicted octanol–water partition coefficient (Wildman–Crippen LogP) is 3.33. The van der Waals surface area contributed by atoms with E-state index in [0.29, 0.717) is 6.04 Å². The van der Waals surface area contributed by atoms with Crippen LogP contribution in [0.25, 0.3) is 0 Å². The number of nitrogens with one attached hydrogen (secondary N) is 1. The van der Waals surface area contributed by atoms with E-state index in [2.05, 4.69) is 50.0 Å². The molecule has 0 bridgehead atoms. The molecule has 0 aliphatic carbocycles. The molecule has 1 atom stereocenters. The van der Waals surface area contributed by atoms with Gasteiger partial charge < -0.3 is 5.32 Å². The molecule has 0 amide bonds. The fraction of sp³-hybridized carbons (Fsp3) is 0.600. The molecule has 0 aliphatic rings. The molecule has 0 fully saturated rings. The molecule has 2 rings (SSSR count). The van der Waals surface area contributed by atoms with Crippen LogP contribution < -0.4 is 5.32 Å². The Morgan fingerprint density at radius 3 is 2.55 bits per heavy atom. The van der Waals surface area contributed by atoms with Gasteiger partial charge in [0.15, 0.2) is 0 Å². The van der Waals surface area contributed by atoms with Gasteiger partial charge in [-0.25, -0.2) is 4.98 Å². The lowest BCUT2D eigenvalue weighted by Gasteiger charge is -2.14. The Morgan fingerprint density at radius 2 is 2.05 bits per heavy atom. The summed E-state index contributed by atoms with van der Waals surface area (Å²) in [6, 6.07) is 0.295. The van der Waals surface area contributed by atoms with Crippen LogP contribution in [0.15, 0.2) is 12.4 Å². The van der Waals surface area contributed by atoms with Crippen molar-refractivity contribution in [1.82, 2.24) is 20.1 Å². The summed E-state index contributed by atoms with van der Waals surface area (Å²) >= 11 is 1.79. The molecule has 110 valence electrons. The van der Waals surface area contributed by atoms with Gasteiger partial charge in [0.1, 0.15) is 0 Å². The average molecular weight is 292 g/mol. The van der Waals surface area contributed by atoms with Gasteiger partial charge in [-0.1, -0.05) is 20.8 Å². The molecule has 0 aromatic carbocycles. The monoisotopic (exact) mass is 292 g/mol. The van der Waals surface area contributed by atoms with E-state index in [1.54, 1.807) is 11.3 Å². The van der Waals surface area contributed by atoms with Gasteiger partial charge >= 0.3 is 0 Å². The molecule has 20 heavy (non-hydrogen) atoms. The average Bonchev–Trinajstić information content (AvgIpc) is 2.95. The molecule has 0 saturated heterocycles. The van der Waals surface area contributed by atoms with Gasteiger partial charge in [0.05, 0.1) is 11.2 Å². The van der Waals surface area contributed by atoms with Crippen molar-refractivity contribution in [1.29, 1.82) is 0 Å². The molecule has 0 aliphatic heterocycles. The molecule has 4 nitrogen and oxygen atoms in total. The van der Waals surface area contributed by atoms with E-state index in [-0.39, 0.29) is 5.41 Å². The van der Waals surface area contributed by atoms with Crippen molar-refractivity contribution in [2.24, 2.45) is 7.05 Å². The van der Waals surface area contributed by atoms with Crippen molar-refractivity contribution in [3.05, 3.63) is 33.5 Å². The minimum absolute atomic E-state index is 0.133. The van der Waals surface area contributed by atoms with E-state index in [9.17, 15) is 0 Å². The second-order valence-corrected chi connectivity index (χ2v) is 7.41. The van der Waals surface area contributed by atoms with Crippen molar-refractivity contribution in [3.8, 4) is 0 Å². The standard InChI is InChI=1S/C15H24N4S/c1-10(13-9-18-19(6)11(13)2)16-7-12-8-17-14(20-12)15(3,4)5/h8-10,16H,7H2,1-6H3. The third-order valence-corrected chi connectivity index (χ3v) is 4.94. The minimum atomic E-state index is 0.133. The highest BCUT2D eigenvalue weighted by atomic mass is 32.1. The van der Waals surface area contributed by atoms with Crippen LogP contribution in [-0.4, -0.2) is 14.8 Å². The first-order chi connectivity index (χ1) is 9.29. The number of hydrogen-bond donors (Lipinski definition) is 1. The minimum Gasteiger partial charge on any atom is -0.305 e. The van der Waals surface area contributed by atoms with Crippen LogP contribution in [-0.2, 0) is 19.0 Å². The van der Waals surface area contributed by atoms with Crippen molar-refractivity contribution in [2.75, 3.05) is 0 Å². The summed E-state index contributed by atoms with van der Waals surface area (Å²) in [6.45, 7) is 11.7. The highest BCUT2D eigenvalue weighted by Crippen LogP contribution is 2.27. The molecule has 2 heterocycles. The van der Waals surface area contributed by atoms with Crippen molar-refractivity contribution >= 4 is 11.3 Å². The van der Waals surface area contributed by atoms with Crippen LogP contribution in [0, 0.1) is 6.92 Å². The molecule has 5 heteroatoms. The number of rotatable bonds is 4. The molecule has 1 N–H and O–H groups in total. The maximum Gasteiger partial charge on any atom is 0.0981 e. The number of nitrogens with zero attached hydrogens (tertiary/aromatic N) is 3. The Bertz CT molecular complexity index is 577. The first-order valence-electron chi connectivity index (χ1n) is 6.96. The summed E-state index contributed by atoms with van der Waals surface area (Å²) < 4.78 is 1.91. The molecular formula is C15H24N4S. The van der Waals surface area contributed by atoms with E-state index >= 15 is 0 Å². The maximum absolute atomic E-state index is 4.52. The van der Waals surface area contributed by atoms with Gasteiger partial charge in [-0.15, -0.1) is 11.3 Å². The zero-order chi connectivity index (χ0) is 14.9. The van der Waals surface area contributed by atoms with Crippen molar-refractivity contribution < 1.29 is 0 Å². The Labute approximate surface area is 125 Å². The van der Waals surface area contributed by atoms with E-state index in [1.807, 2.05) is 24.1 Å². The van der Waals surface area contributed by atoms with E-state index in [1.165, 1.54) is 21.1 Å². The van der Waals surface area contributed by atoms with E-state index in [0.717, 1.165) is 6.54 Å². The fourth-order valence-corrected chi connectivity index (χ4v) is 2.96. The van der Waals surface area contributed by atoms with Crippen LogP contribution in [0.5, 0.6) is 0 Å². The smallest absolute Gasteiger partial charge is 0.0981 e. The summed E-state index contributed by atoms with van der Waals surface area (Å²) in [5.41, 5.74) is 2.60. The molecule has 2 aromatic heterocycles. The Balaban J connectivity index is 1.99. The summed E-state index contributed by atoms with van der Waals surface area (Å²) in [4.78, 5) is 5.80. The normalized spacial score (nSPS) is 13.7. The van der Waals surface area contributed by atoms with Gasteiger partial charge in [-0.3, -0.25) is 4.68 Å². The second-order valence-electron chi connectivity index (χ2n) is 6.29. The lowest BCUT2D eigenvalue weighted by atomic mass is 9.98. The van der Waals surface area contributed by atoms with Gasteiger partial charge in [0, 0.05) is 47.4 Å². The summed E-state index contributed by atoms with van der Waals surface area (Å²) in [7, 11) is 1.98. The van der Waals surface area contributed by atoms with Crippen molar-refractivity contribution in [3.63, 3.8) is 0 Å². The highest BCUT2D eigenvalue weighted by molar-refractivity contribution is 7.11. The molecule has 0 radical (unpaired) electrons. The molecular weight excluding hydrogens is 268 g/mol. The molecule has 0 spiro atoms. The Morgan fingerprint density at radius 1 is 1.35 bits per heavy atom. The lowest BCUT2D eigenvalue weighted by Crippen LogP contribution is -2.18.